The molecule has 0 saturated carbocycles. The summed E-state index contributed by atoms with van der Waals surface area (Å²) in [5.41, 5.74) is 2.45. The molecule has 1 aromatic rings. The maximum Gasteiger partial charge on any atom is 0.0904 e. The zero-order chi connectivity index (χ0) is 14.9. The summed E-state index contributed by atoms with van der Waals surface area (Å²) in [5, 5.41) is 1.30. The minimum Gasteiger partial charge on any atom is -0.352 e. The number of anilines is 2. The first-order valence-corrected chi connectivity index (χ1v) is 11.8. The van der Waals surface area contributed by atoms with Crippen molar-refractivity contribution in [3.05, 3.63) is 22.2 Å². The van der Waals surface area contributed by atoms with Gasteiger partial charge in [0, 0.05) is 21.2 Å². The van der Waals surface area contributed by atoms with Gasteiger partial charge in [-0.05, 0) is 25.5 Å². The van der Waals surface area contributed by atoms with Gasteiger partial charge in [-0.1, -0.05) is 48.9 Å². The van der Waals surface area contributed by atoms with E-state index in [0.717, 1.165) is 19.8 Å². The van der Waals surface area contributed by atoms with Crippen molar-refractivity contribution >= 4 is 42.7 Å². The van der Waals surface area contributed by atoms with Gasteiger partial charge in [0.15, 0.2) is 0 Å². The predicted molar refractivity (Wildman–Crippen MR) is 94.5 cm³/mol. The van der Waals surface area contributed by atoms with E-state index in [1.165, 1.54) is 23.8 Å². The lowest BCUT2D eigenvalue weighted by molar-refractivity contribution is 0.755. The van der Waals surface area contributed by atoms with Crippen molar-refractivity contribution in [1.82, 2.24) is 0 Å². The van der Waals surface area contributed by atoms with Gasteiger partial charge >= 0.3 is 0 Å². The number of benzene rings is 1. The van der Waals surface area contributed by atoms with Gasteiger partial charge < -0.3 is 9.80 Å². The standard InChI is InChI=1S/C15H24Cl2N2Si/c1-5-18-11-19(7-6-8-20(2,3)4)15-10-13(17)12(16)9-14(15)18/h9-10H,5-8,11H2,1-4H3. The van der Waals surface area contributed by atoms with E-state index in [2.05, 4.69) is 36.4 Å². The Labute approximate surface area is 133 Å². The van der Waals surface area contributed by atoms with Crippen molar-refractivity contribution in [2.75, 3.05) is 29.6 Å². The molecule has 0 fully saturated rings. The van der Waals surface area contributed by atoms with Gasteiger partial charge in [0.25, 0.3) is 0 Å². The fourth-order valence-corrected chi connectivity index (χ4v) is 4.19. The number of halogens is 2. The second-order valence-corrected chi connectivity index (χ2v) is 13.1. The zero-order valence-electron chi connectivity index (χ0n) is 12.8. The molecule has 2 nitrogen and oxygen atoms in total. The average Bonchev–Trinajstić information content (AvgIpc) is 2.66. The molecule has 112 valence electrons. The number of hydrogen-bond acceptors (Lipinski definition) is 2. The summed E-state index contributed by atoms with van der Waals surface area (Å²) < 4.78 is 0. The van der Waals surface area contributed by atoms with E-state index >= 15 is 0 Å². The highest BCUT2D eigenvalue weighted by Gasteiger charge is 2.26. The Morgan fingerprint density at radius 2 is 1.60 bits per heavy atom. The maximum atomic E-state index is 6.18. The summed E-state index contributed by atoms with van der Waals surface area (Å²) in [6.07, 6.45) is 1.26. The Hall–Kier alpha value is -0.383. The summed E-state index contributed by atoms with van der Waals surface area (Å²) in [5.74, 6) is 0. The van der Waals surface area contributed by atoms with E-state index in [1.807, 2.05) is 12.1 Å². The van der Waals surface area contributed by atoms with E-state index in [0.29, 0.717) is 10.0 Å². The lowest BCUT2D eigenvalue weighted by Gasteiger charge is -2.22. The smallest absolute Gasteiger partial charge is 0.0904 e. The van der Waals surface area contributed by atoms with Crippen molar-refractivity contribution in [1.29, 1.82) is 0 Å². The Balaban J connectivity index is 2.13. The average molecular weight is 331 g/mol. The Morgan fingerprint density at radius 3 is 2.10 bits per heavy atom. The van der Waals surface area contributed by atoms with Crippen LogP contribution in [-0.4, -0.2) is 27.8 Å². The second kappa shape index (κ2) is 6.16. The Bertz CT molecular complexity index is 485. The molecule has 1 aliphatic rings. The molecular weight excluding hydrogens is 307 g/mol. The van der Waals surface area contributed by atoms with Gasteiger partial charge in [-0.15, -0.1) is 0 Å². The fraction of sp³-hybridized carbons (Fsp3) is 0.600. The van der Waals surface area contributed by atoms with Crippen molar-refractivity contribution in [2.45, 2.75) is 39.0 Å². The predicted octanol–water partition coefficient (Wildman–Crippen LogP) is 5.33. The van der Waals surface area contributed by atoms with Crippen LogP contribution in [0.25, 0.3) is 0 Å². The molecule has 0 amide bonds. The van der Waals surface area contributed by atoms with Crippen LogP contribution < -0.4 is 9.80 Å². The summed E-state index contributed by atoms with van der Waals surface area (Å²) in [6.45, 7) is 12.5. The molecule has 1 aromatic carbocycles. The third-order valence-electron chi connectivity index (χ3n) is 3.78. The van der Waals surface area contributed by atoms with Gasteiger partial charge in [0.1, 0.15) is 0 Å². The summed E-state index contributed by atoms with van der Waals surface area (Å²) in [7, 11) is -0.953. The van der Waals surface area contributed by atoms with Crippen LogP contribution in [-0.2, 0) is 0 Å². The van der Waals surface area contributed by atoms with Crippen molar-refractivity contribution in [3.8, 4) is 0 Å². The number of rotatable bonds is 5. The van der Waals surface area contributed by atoms with Gasteiger partial charge in [-0.3, -0.25) is 0 Å². The molecule has 0 unspecified atom stereocenters. The van der Waals surface area contributed by atoms with Gasteiger partial charge in [0.2, 0.25) is 0 Å². The molecule has 0 N–H and O–H groups in total. The van der Waals surface area contributed by atoms with E-state index in [1.54, 1.807) is 0 Å². The van der Waals surface area contributed by atoms with E-state index in [4.69, 9.17) is 23.2 Å². The first kappa shape index (κ1) is 16.0. The summed E-state index contributed by atoms with van der Waals surface area (Å²) in [6, 6.07) is 5.39. The van der Waals surface area contributed by atoms with Crippen LogP contribution in [0.1, 0.15) is 13.3 Å². The van der Waals surface area contributed by atoms with Gasteiger partial charge in [-0.2, -0.15) is 0 Å². The van der Waals surface area contributed by atoms with E-state index in [9.17, 15) is 0 Å². The molecule has 0 bridgehead atoms. The summed E-state index contributed by atoms with van der Waals surface area (Å²) >= 11 is 12.3. The minimum absolute atomic E-state index is 0.646. The number of nitrogens with zero attached hydrogens (tertiary/aromatic N) is 2. The normalized spacial score (nSPS) is 14.9. The van der Waals surface area contributed by atoms with Gasteiger partial charge in [-0.25, -0.2) is 0 Å². The quantitative estimate of drug-likeness (QED) is 0.673. The Kier molecular flexibility index (Phi) is 4.93. The van der Waals surface area contributed by atoms with Crippen LogP contribution >= 0.6 is 23.2 Å². The molecule has 5 heteroatoms. The van der Waals surface area contributed by atoms with Gasteiger partial charge in [0.05, 0.1) is 28.1 Å². The molecule has 1 aliphatic heterocycles. The molecule has 1 heterocycles. The van der Waals surface area contributed by atoms with Crippen molar-refractivity contribution in [3.63, 3.8) is 0 Å². The largest absolute Gasteiger partial charge is 0.352 e. The number of hydrogen-bond donors (Lipinski definition) is 0. The summed E-state index contributed by atoms with van der Waals surface area (Å²) in [4.78, 5) is 4.78. The maximum absolute atomic E-state index is 6.18. The Morgan fingerprint density at radius 1 is 1.05 bits per heavy atom. The highest BCUT2D eigenvalue weighted by Crippen LogP contribution is 2.41. The van der Waals surface area contributed by atoms with Crippen LogP contribution in [0, 0.1) is 0 Å². The topological polar surface area (TPSA) is 6.48 Å². The highest BCUT2D eigenvalue weighted by atomic mass is 35.5. The van der Waals surface area contributed by atoms with Crippen LogP contribution in [0.15, 0.2) is 12.1 Å². The lowest BCUT2D eigenvalue weighted by atomic mass is 10.2. The fourth-order valence-electron chi connectivity index (χ4n) is 2.65. The first-order valence-electron chi connectivity index (χ1n) is 7.31. The molecule has 0 spiro atoms. The SMILES string of the molecule is CCN1CN(CCC[Si](C)(C)C)c2cc(Cl)c(Cl)cc21. The zero-order valence-corrected chi connectivity index (χ0v) is 15.4. The van der Waals surface area contributed by atoms with Crippen LogP contribution in [0.4, 0.5) is 11.4 Å². The van der Waals surface area contributed by atoms with E-state index < -0.39 is 8.07 Å². The van der Waals surface area contributed by atoms with Crippen LogP contribution in [0.3, 0.4) is 0 Å². The molecule has 0 atom stereocenters. The minimum atomic E-state index is -0.953. The molecule has 0 saturated heterocycles. The van der Waals surface area contributed by atoms with Crippen LogP contribution in [0.2, 0.25) is 35.7 Å². The van der Waals surface area contributed by atoms with Crippen molar-refractivity contribution in [2.24, 2.45) is 0 Å². The van der Waals surface area contributed by atoms with E-state index in [-0.39, 0.29) is 0 Å². The molecule has 0 radical (unpaired) electrons. The third-order valence-corrected chi connectivity index (χ3v) is 6.35. The monoisotopic (exact) mass is 330 g/mol. The highest BCUT2D eigenvalue weighted by molar-refractivity contribution is 6.76. The molecular formula is C15H24Cl2N2Si. The first-order chi connectivity index (χ1) is 9.31. The van der Waals surface area contributed by atoms with Crippen molar-refractivity contribution < 1.29 is 0 Å². The molecule has 0 aromatic heterocycles. The molecule has 2 rings (SSSR count). The molecule has 20 heavy (non-hydrogen) atoms. The number of fused-ring (bicyclic) bond motifs is 1. The molecule has 0 aliphatic carbocycles. The third kappa shape index (κ3) is 3.63. The lowest BCUT2D eigenvalue weighted by Crippen LogP contribution is -2.32. The van der Waals surface area contributed by atoms with Crippen LogP contribution in [0.5, 0.6) is 0 Å². The second-order valence-electron chi connectivity index (χ2n) is 6.68.